The SMILES string of the molecule is CCSc1oc2c(C(C)Nc3ccccc3S(N)(=O)=O)cc(C)cc2c(=O)c1C. The van der Waals surface area contributed by atoms with Crippen LogP contribution in [0, 0.1) is 13.8 Å². The fourth-order valence-corrected chi connectivity index (χ4v) is 4.70. The van der Waals surface area contributed by atoms with Crippen LogP contribution in [0.2, 0.25) is 0 Å². The number of thioether (sulfide) groups is 1. The zero-order valence-electron chi connectivity index (χ0n) is 16.8. The molecule has 29 heavy (non-hydrogen) atoms. The predicted molar refractivity (Wildman–Crippen MR) is 118 cm³/mol. The van der Waals surface area contributed by atoms with Crippen LogP contribution in [0.5, 0.6) is 0 Å². The van der Waals surface area contributed by atoms with Crippen LogP contribution < -0.4 is 15.9 Å². The highest BCUT2D eigenvalue weighted by Gasteiger charge is 2.20. The van der Waals surface area contributed by atoms with Crippen molar-refractivity contribution >= 4 is 38.4 Å². The lowest BCUT2D eigenvalue weighted by Gasteiger charge is -2.20. The number of hydrogen-bond donors (Lipinski definition) is 2. The molecule has 0 bridgehead atoms. The maximum absolute atomic E-state index is 12.9. The van der Waals surface area contributed by atoms with Gasteiger partial charge in [-0.05, 0) is 50.3 Å². The van der Waals surface area contributed by atoms with Gasteiger partial charge in [-0.2, -0.15) is 0 Å². The van der Waals surface area contributed by atoms with Gasteiger partial charge in [0.05, 0.1) is 17.1 Å². The van der Waals surface area contributed by atoms with Crippen LogP contribution >= 0.6 is 11.8 Å². The maximum Gasteiger partial charge on any atom is 0.240 e. The number of sulfonamides is 1. The normalized spacial score (nSPS) is 12.9. The zero-order valence-corrected chi connectivity index (χ0v) is 18.4. The van der Waals surface area contributed by atoms with Gasteiger partial charge in [-0.25, -0.2) is 13.6 Å². The highest BCUT2D eigenvalue weighted by Crippen LogP contribution is 2.32. The molecule has 8 heteroatoms. The van der Waals surface area contributed by atoms with Gasteiger partial charge in [0, 0.05) is 11.1 Å². The summed E-state index contributed by atoms with van der Waals surface area (Å²) in [5.74, 6) is 0.784. The molecule has 1 aromatic heterocycles. The van der Waals surface area contributed by atoms with Gasteiger partial charge in [-0.1, -0.05) is 36.9 Å². The van der Waals surface area contributed by atoms with Crippen LogP contribution in [0.3, 0.4) is 0 Å². The second-order valence-corrected chi connectivity index (χ2v) is 9.68. The van der Waals surface area contributed by atoms with Crippen LogP contribution in [-0.2, 0) is 10.0 Å². The second-order valence-electron chi connectivity index (χ2n) is 6.91. The van der Waals surface area contributed by atoms with Crippen molar-refractivity contribution in [1.82, 2.24) is 0 Å². The summed E-state index contributed by atoms with van der Waals surface area (Å²) in [6, 6.07) is 9.91. The number of primary sulfonamides is 1. The Morgan fingerprint density at radius 2 is 1.90 bits per heavy atom. The van der Waals surface area contributed by atoms with E-state index in [1.165, 1.54) is 17.8 Å². The first-order valence-corrected chi connectivity index (χ1v) is 11.8. The Morgan fingerprint density at radius 1 is 1.21 bits per heavy atom. The largest absolute Gasteiger partial charge is 0.449 e. The number of benzene rings is 2. The minimum atomic E-state index is -3.88. The van der Waals surface area contributed by atoms with Gasteiger partial charge in [-0.15, -0.1) is 0 Å². The van der Waals surface area contributed by atoms with Gasteiger partial charge in [0.2, 0.25) is 10.0 Å². The number of nitrogens with two attached hydrogens (primary N) is 1. The molecule has 6 nitrogen and oxygen atoms in total. The number of hydrogen-bond acceptors (Lipinski definition) is 6. The molecule has 0 saturated heterocycles. The van der Waals surface area contributed by atoms with E-state index in [2.05, 4.69) is 5.32 Å². The highest BCUT2D eigenvalue weighted by atomic mass is 32.2. The number of fused-ring (bicyclic) bond motifs is 1. The third-order valence-corrected chi connectivity index (χ3v) is 6.57. The molecule has 0 saturated carbocycles. The van der Waals surface area contributed by atoms with Gasteiger partial charge in [0.1, 0.15) is 10.5 Å². The number of aryl methyl sites for hydroxylation is 1. The van der Waals surface area contributed by atoms with Crippen molar-refractivity contribution < 1.29 is 12.8 Å². The third-order valence-electron chi connectivity index (χ3n) is 4.66. The summed E-state index contributed by atoms with van der Waals surface area (Å²) in [5.41, 5.74) is 3.15. The first-order valence-electron chi connectivity index (χ1n) is 9.22. The van der Waals surface area contributed by atoms with Crippen LogP contribution in [0.4, 0.5) is 5.69 Å². The van der Waals surface area contributed by atoms with Crippen molar-refractivity contribution in [2.75, 3.05) is 11.1 Å². The summed E-state index contributed by atoms with van der Waals surface area (Å²) in [4.78, 5) is 12.9. The van der Waals surface area contributed by atoms with E-state index >= 15 is 0 Å². The highest BCUT2D eigenvalue weighted by molar-refractivity contribution is 7.99. The summed E-state index contributed by atoms with van der Waals surface area (Å²) in [6.07, 6.45) is 0. The lowest BCUT2D eigenvalue weighted by Crippen LogP contribution is -2.17. The lowest BCUT2D eigenvalue weighted by atomic mass is 10.0. The number of nitrogens with one attached hydrogen (secondary N) is 1. The molecule has 0 aliphatic carbocycles. The number of para-hydroxylation sites is 1. The summed E-state index contributed by atoms with van der Waals surface area (Å²) >= 11 is 1.48. The predicted octanol–water partition coefficient (Wildman–Crippen LogP) is 4.34. The monoisotopic (exact) mass is 432 g/mol. The fraction of sp³-hybridized carbons (Fsp3) is 0.286. The smallest absolute Gasteiger partial charge is 0.240 e. The Hall–Kier alpha value is -2.29. The Kier molecular flexibility index (Phi) is 6.07. The molecule has 1 unspecified atom stereocenters. The van der Waals surface area contributed by atoms with Crippen molar-refractivity contribution in [3.63, 3.8) is 0 Å². The van der Waals surface area contributed by atoms with E-state index in [0.29, 0.717) is 27.3 Å². The van der Waals surface area contributed by atoms with Gasteiger partial charge >= 0.3 is 0 Å². The molecule has 2 aromatic carbocycles. The van der Waals surface area contributed by atoms with Gasteiger partial charge < -0.3 is 9.73 Å². The molecular weight excluding hydrogens is 408 g/mol. The molecule has 0 aliphatic heterocycles. The van der Waals surface area contributed by atoms with Crippen molar-refractivity contribution in [2.45, 2.75) is 43.7 Å². The van der Waals surface area contributed by atoms with E-state index in [-0.39, 0.29) is 16.4 Å². The summed E-state index contributed by atoms with van der Waals surface area (Å²) in [5, 5.41) is 9.68. The Morgan fingerprint density at radius 3 is 2.55 bits per heavy atom. The molecule has 0 amide bonds. The lowest BCUT2D eigenvalue weighted by molar-refractivity contribution is 0.488. The van der Waals surface area contributed by atoms with Gasteiger partial charge in [0.15, 0.2) is 10.5 Å². The van der Waals surface area contributed by atoms with Crippen molar-refractivity contribution in [3.05, 3.63) is 63.3 Å². The van der Waals surface area contributed by atoms with Crippen molar-refractivity contribution in [3.8, 4) is 0 Å². The standard InChI is InChI=1S/C21H24N2O4S2/c1-5-28-21-13(3)19(24)16-11-12(2)10-15(20(16)27-21)14(4)23-17-8-6-7-9-18(17)29(22,25)26/h6-11,14,23H,5H2,1-4H3,(H2,22,25,26). The van der Waals surface area contributed by atoms with E-state index in [1.807, 2.05) is 32.9 Å². The quantitative estimate of drug-likeness (QED) is 0.562. The van der Waals surface area contributed by atoms with Gasteiger partial charge in [-0.3, -0.25) is 4.79 Å². The van der Waals surface area contributed by atoms with Crippen molar-refractivity contribution in [2.24, 2.45) is 5.14 Å². The Bertz CT molecular complexity index is 1230. The van der Waals surface area contributed by atoms with Crippen LogP contribution in [-0.4, -0.2) is 14.2 Å². The number of anilines is 1. The average molecular weight is 433 g/mol. The minimum absolute atomic E-state index is 0.0170. The van der Waals surface area contributed by atoms with Crippen LogP contribution in [0.25, 0.3) is 11.0 Å². The Labute approximate surface area is 174 Å². The summed E-state index contributed by atoms with van der Waals surface area (Å²) in [7, 11) is -3.88. The molecule has 3 N–H and O–H groups in total. The van der Waals surface area contributed by atoms with E-state index in [9.17, 15) is 13.2 Å². The van der Waals surface area contributed by atoms with Gasteiger partial charge in [0.25, 0.3) is 0 Å². The molecule has 1 heterocycles. The molecule has 0 spiro atoms. The molecule has 3 aromatic rings. The minimum Gasteiger partial charge on any atom is -0.449 e. The first kappa shape index (κ1) is 21.4. The maximum atomic E-state index is 12.9. The third kappa shape index (κ3) is 4.34. The van der Waals surface area contributed by atoms with Crippen LogP contribution in [0.15, 0.2) is 55.6 Å². The van der Waals surface area contributed by atoms with E-state index in [0.717, 1.165) is 16.9 Å². The molecule has 0 aliphatic rings. The average Bonchev–Trinajstić information content (AvgIpc) is 2.65. The zero-order chi connectivity index (χ0) is 21.3. The number of rotatable bonds is 6. The molecule has 154 valence electrons. The topological polar surface area (TPSA) is 102 Å². The van der Waals surface area contributed by atoms with E-state index in [1.54, 1.807) is 25.1 Å². The van der Waals surface area contributed by atoms with Crippen LogP contribution in [0.1, 0.15) is 36.6 Å². The van der Waals surface area contributed by atoms with E-state index < -0.39 is 10.0 Å². The van der Waals surface area contributed by atoms with E-state index in [4.69, 9.17) is 9.56 Å². The molecule has 3 rings (SSSR count). The molecule has 0 radical (unpaired) electrons. The Balaban J connectivity index is 2.16. The van der Waals surface area contributed by atoms with Crippen molar-refractivity contribution in [1.29, 1.82) is 0 Å². The second kappa shape index (κ2) is 8.22. The molecule has 0 fully saturated rings. The molecular formula is C21H24N2O4S2. The molecule has 1 atom stereocenters. The fourth-order valence-electron chi connectivity index (χ4n) is 3.28. The summed E-state index contributed by atoms with van der Waals surface area (Å²) in [6.45, 7) is 7.58. The summed E-state index contributed by atoms with van der Waals surface area (Å²) < 4.78 is 30.0. The first-order chi connectivity index (χ1) is 13.6.